The Morgan fingerprint density at radius 2 is 2.24 bits per heavy atom. The number of hydrogen-bond donors (Lipinski definition) is 3. The number of para-hydroxylation sites is 1. The number of nitrogens with zero attached hydrogens (tertiary/aromatic N) is 1. The minimum absolute atomic E-state index is 0.0263. The van der Waals surface area contributed by atoms with E-state index in [1.807, 2.05) is 0 Å². The Hall–Kier alpha value is -2.15. The van der Waals surface area contributed by atoms with Crippen molar-refractivity contribution < 1.29 is 14.8 Å². The molecule has 0 saturated carbocycles. The summed E-state index contributed by atoms with van der Waals surface area (Å²) in [6.45, 7) is 0.817. The summed E-state index contributed by atoms with van der Waals surface area (Å²) in [7, 11) is 0. The predicted molar refractivity (Wildman–Crippen MR) is 62.2 cm³/mol. The van der Waals surface area contributed by atoms with E-state index in [-0.39, 0.29) is 16.9 Å². The van der Waals surface area contributed by atoms with Crippen LogP contribution in [0.2, 0.25) is 0 Å². The number of hydrogen-bond acceptors (Lipinski definition) is 5. The highest BCUT2D eigenvalue weighted by atomic mass is 16.6. The molecule has 0 aliphatic heterocycles. The van der Waals surface area contributed by atoms with Crippen LogP contribution in [0.4, 0.5) is 11.4 Å². The average molecular weight is 239 g/mol. The van der Waals surface area contributed by atoms with Crippen LogP contribution in [0.25, 0.3) is 0 Å². The summed E-state index contributed by atoms with van der Waals surface area (Å²) in [6.07, 6.45) is 0.602. The molecule has 17 heavy (non-hydrogen) atoms. The van der Waals surface area contributed by atoms with Gasteiger partial charge in [-0.25, -0.2) is 4.79 Å². The molecule has 0 amide bonds. The zero-order valence-corrected chi connectivity index (χ0v) is 9.05. The zero-order valence-electron chi connectivity index (χ0n) is 9.05. The molecule has 1 aromatic carbocycles. The highest BCUT2D eigenvalue weighted by Gasteiger charge is 2.20. The molecular formula is C10H13N3O4. The van der Waals surface area contributed by atoms with E-state index in [0.717, 1.165) is 0 Å². The molecular weight excluding hydrogens is 226 g/mol. The third-order valence-corrected chi connectivity index (χ3v) is 2.15. The molecule has 0 aliphatic rings. The van der Waals surface area contributed by atoms with Gasteiger partial charge >= 0.3 is 5.97 Å². The fourth-order valence-corrected chi connectivity index (χ4v) is 1.37. The number of anilines is 1. The topological polar surface area (TPSA) is 118 Å². The molecule has 7 nitrogen and oxygen atoms in total. The summed E-state index contributed by atoms with van der Waals surface area (Å²) >= 11 is 0. The van der Waals surface area contributed by atoms with Gasteiger partial charge < -0.3 is 16.2 Å². The van der Waals surface area contributed by atoms with E-state index >= 15 is 0 Å². The van der Waals surface area contributed by atoms with E-state index in [9.17, 15) is 14.9 Å². The summed E-state index contributed by atoms with van der Waals surface area (Å²) in [4.78, 5) is 21.1. The number of nitro benzene ring substituents is 1. The van der Waals surface area contributed by atoms with Crippen LogP contribution in [0.3, 0.4) is 0 Å². The molecule has 0 aliphatic carbocycles. The fourth-order valence-electron chi connectivity index (χ4n) is 1.37. The number of aromatic carboxylic acids is 1. The van der Waals surface area contributed by atoms with Crippen molar-refractivity contribution in [1.29, 1.82) is 0 Å². The Bertz CT molecular complexity index is 401. The van der Waals surface area contributed by atoms with Crippen molar-refractivity contribution >= 4 is 17.3 Å². The molecule has 1 aromatic rings. The lowest BCUT2D eigenvalue weighted by molar-refractivity contribution is -0.384. The Morgan fingerprint density at radius 1 is 1.53 bits per heavy atom. The molecule has 0 heterocycles. The van der Waals surface area contributed by atoms with Crippen LogP contribution in [-0.4, -0.2) is 29.1 Å². The molecule has 0 radical (unpaired) electrons. The minimum atomic E-state index is -1.20. The number of rotatable bonds is 6. The quantitative estimate of drug-likeness (QED) is 0.388. The van der Waals surface area contributed by atoms with Gasteiger partial charge in [0.05, 0.1) is 10.5 Å². The zero-order chi connectivity index (χ0) is 12.8. The van der Waals surface area contributed by atoms with Crippen molar-refractivity contribution in [2.75, 3.05) is 18.4 Å². The van der Waals surface area contributed by atoms with Crippen molar-refractivity contribution in [3.8, 4) is 0 Å². The Morgan fingerprint density at radius 3 is 2.76 bits per heavy atom. The second-order valence-electron chi connectivity index (χ2n) is 3.33. The van der Waals surface area contributed by atoms with Gasteiger partial charge in [-0.05, 0) is 19.0 Å². The molecule has 0 aromatic heterocycles. The van der Waals surface area contributed by atoms with Crippen LogP contribution in [-0.2, 0) is 0 Å². The maximum absolute atomic E-state index is 10.9. The first-order valence-electron chi connectivity index (χ1n) is 5.02. The second-order valence-corrected chi connectivity index (χ2v) is 3.33. The van der Waals surface area contributed by atoms with Gasteiger partial charge in [-0.15, -0.1) is 0 Å². The monoisotopic (exact) mass is 239 g/mol. The van der Waals surface area contributed by atoms with Crippen molar-refractivity contribution in [3.63, 3.8) is 0 Å². The predicted octanol–water partition coefficient (Wildman–Crippen LogP) is 1.05. The fraction of sp³-hybridized carbons (Fsp3) is 0.300. The summed E-state index contributed by atoms with van der Waals surface area (Å²) in [5, 5.41) is 22.5. The number of benzene rings is 1. The maximum atomic E-state index is 10.9. The first-order valence-corrected chi connectivity index (χ1v) is 5.02. The van der Waals surface area contributed by atoms with Crippen LogP contribution in [0, 0.1) is 10.1 Å². The first-order chi connectivity index (χ1) is 8.07. The van der Waals surface area contributed by atoms with Crippen LogP contribution < -0.4 is 11.1 Å². The highest BCUT2D eigenvalue weighted by molar-refractivity contribution is 5.96. The van der Waals surface area contributed by atoms with Gasteiger partial charge in [0.2, 0.25) is 0 Å². The number of nitro groups is 1. The number of nitrogens with two attached hydrogens (primary N) is 1. The maximum Gasteiger partial charge on any atom is 0.338 e. The van der Waals surface area contributed by atoms with Crippen molar-refractivity contribution in [2.45, 2.75) is 6.42 Å². The van der Waals surface area contributed by atoms with Crippen LogP contribution in [0.1, 0.15) is 16.8 Å². The van der Waals surface area contributed by atoms with Gasteiger partial charge in [0.1, 0.15) is 5.69 Å². The normalized spacial score (nSPS) is 9.94. The van der Waals surface area contributed by atoms with E-state index in [0.29, 0.717) is 19.5 Å². The van der Waals surface area contributed by atoms with Gasteiger partial charge in [0, 0.05) is 12.6 Å². The molecule has 7 heteroatoms. The van der Waals surface area contributed by atoms with Crippen molar-refractivity contribution in [1.82, 2.24) is 0 Å². The third-order valence-electron chi connectivity index (χ3n) is 2.15. The van der Waals surface area contributed by atoms with E-state index in [1.165, 1.54) is 18.2 Å². The average Bonchev–Trinajstić information content (AvgIpc) is 2.28. The summed E-state index contributed by atoms with van der Waals surface area (Å²) in [5.74, 6) is -1.20. The lowest BCUT2D eigenvalue weighted by atomic mass is 10.1. The molecule has 0 bridgehead atoms. The smallest absolute Gasteiger partial charge is 0.338 e. The number of nitrogens with one attached hydrogen (secondary N) is 1. The third kappa shape index (κ3) is 3.15. The molecule has 0 unspecified atom stereocenters. The number of carboxylic acid groups (broad SMARTS) is 1. The Kier molecular flexibility index (Phi) is 4.41. The molecule has 0 atom stereocenters. The largest absolute Gasteiger partial charge is 0.478 e. The number of carbonyl (C=O) groups is 1. The Labute approximate surface area is 97.4 Å². The second kappa shape index (κ2) is 5.80. The standard InChI is InChI=1S/C10H13N3O4/c11-5-2-6-12-9-7(10(14)15)3-1-4-8(9)13(16)17/h1,3-4,12H,2,5-6,11H2,(H,14,15). The van der Waals surface area contributed by atoms with Gasteiger partial charge in [-0.3, -0.25) is 10.1 Å². The molecule has 0 fully saturated rings. The molecule has 4 N–H and O–H groups in total. The van der Waals surface area contributed by atoms with Gasteiger partial charge in [0.25, 0.3) is 5.69 Å². The van der Waals surface area contributed by atoms with Crippen LogP contribution in [0.5, 0.6) is 0 Å². The minimum Gasteiger partial charge on any atom is -0.478 e. The van der Waals surface area contributed by atoms with Crippen molar-refractivity contribution in [3.05, 3.63) is 33.9 Å². The lowest BCUT2D eigenvalue weighted by Crippen LogP contribution is -2.12. The highest BCUT2D eigenvalue weighted by Crippen LogP contribution is 2.28. The molecule has 0 spiro atoms. The first kappa shape index (κ1) is 12.9. The molecule has 92 valence electrons. The van der Waals surface area contributed by atoms with Crippen LogP contribution >= 0.6 is 0 Å². The van der Waals surface area contributed by atoms with Crippen molar-refractivity contribution in [2.24, 2.45) is 5.73 Å². The molecule has 1 rings (SSSR count). The molecule has 0 saturated heterocycles. The van der Waals surface area contributed by atoms with Crippen LogP contribution in [0.15, 0.2) is 18.2 Å². The SMILES string of the molecule is NCCCNc1c(C(=O)O)cccc1[N+](=O)[O-]. The summed E-state index contributed by atoms with van der Waals surface area (Å²) in [6, 6.07) is 3.92. The lowest BCUT2D eigenvalue weighted by Gasteiger charge is -2.09. The summed E-state index contributed by atoms with van der Waals surface area (Å²) < 4.78 is 0. The van der Waals surface area contributed by atoms with E-state index in [1.54, 1.807) is 0 Å². The summed E-state index contributed by atoms with van der Waals surface area (Å²) in [5.41, 5.74) is 4.96. The van der Waals surface area contributed by atoms with Gasteiger partial charge in [-0.2, -0.15) is 0 Å². The van der Waals surface area contributed by atoms with Gasteiger partial charge in [0.15, 0.2) is 0 Å². The van der Waals surface area contributed by atoms with E-state index in [2.05, 4.69) is 5.32 Å². The Balaban J connectivity index is 3.10. The van der Waals surface area contributed by atoms with E-state index in [4.69, 9.17) is 10.8 Å². The van der Waals surface area contributed by atoms with Gasteiger partial charge in [-0.1, -0.05) is 6.07 Å². The van der Waals surface area contributed by atoms with E-state index < -0.39 is 10.9 Å². The number of carboxylic acids is 1.